The molecule has 2 heteroatoms. The minimum atomic E-state index is 1.15. The van der Waals surface area contributed by atoms with Crippen LogP contribution in [0.5, 0.6) is 0 Å². The van der Waals surface area contributed by atoms with Crippen LogP contribution in [0, 0.1) is 0 Å². The highest BCUT2D eigenvalue weighted by Crippen LogP contribution is 2.44. The van der Waals surface area contributed by atoms with Crippen LogP contribution in [0.1, 0.15) is 0 Å². The maximum atomic E-state index is 2.46. The van der Waals surface area contributed by atoms with E-state index < -0.39 is 0 Å². The van der Waals surface area contributed by atoms with Gasteiger partial charge in [0, 0.05) is 38.5 Å². The highest BCUT2D eigenvalue weighted by molar-refractivity contribution is 6.21. The normalized spacial score (nSPS) is 11.6. The molecular weight excluding hydrogens is 605 g/mol. The molecule has 0 saturated carbocycles. The van der Waals surface area contributed by atoms with Crippen molar-refractivity contribution in [2.75, 3.05) is 0 Å². The lowest BCUT2D eigenvalue weighted by Gasteiger charge is -2.13. The van der Waals surface area contributed by atoms with Crippen molar-refractivity contribution in [3.05, 3.63) is 194 Å². The van der Waals surface area contributed by atoms with Crippen LogP contribution >= 0.6 is 0 Å². The average molecular weight is 637 g/mol. The van der Waals surface area contributed by atoms with Crippen LogP contribution in [0.25, 0.3) is 88.4 Å². The van der Waals surface area contributed by atoms with E-state index in [-0.39, 0.29) is 0 Å². The Labute approximate surface area is 290 Å². The summed E-state index contributed by atoms with van der Waals surface area (Å²) in [7, 11) is 0. The second-order valence-corrected chi connectivity index (χ2v) is 12.9. The van der Waals surface area contributed by atoms with Crippen LogP contribution in [0.4, 0.5) is 0 Å². The Balaban J connectivity index is 1.33. The van der Waals surface area contributed by atoms with Gasteiger partial charge in [-0.25, -0.2) is 0 Å². The first-order valence-corrected chi connectivity index (χ1v) is 17.2. The van der Waals surface area contributed by atoms with Crippen molar-refractivity contribution in [2.45, 2.75) is 0 Å². The number of fused-ring (bicyclic) bond motifs is 6. The van der Waals surface area contributed by atoms with E-state index in [0.29, 0.717) is 0 Å². The highest BCUT2D eigenvalue weighted by Gasteiger charge is 2.21. The van der Waals surface area contributed by atoms with Gasteiger partial charge in [-0.3, -0.25) is 0 Å². The van der Waals surface area contributed by atoms with Crippen molar-refractivity contribution < 1.29 is 0 Å². The molecular formula is C48H32N2. The third kappa shape index (κ3) is 4.43. The Bertz CT molecular complexity index is 2830. The number of nitrogens with zero attached hydrogens (tertiary/aromatic N) is 2. The van der Waals surface area contributed by atoms with E-state index in [0.717, 1.165) is 11.4 Å². The zero-order valence-corrected chi connectivity index (χ0v) is 27.4. The van der Waals surface area contributed by atoms with E-state index in [1.165, 1.54) is 77.0 Å². The molecule has 2 aromatic heterocycles. The summed E-state index contributed by atoms with van der Waals surface area (Å²) in [6.45, 7) is 0. The van der Waals surface area contributed by atoms with Crippen LogP contribution in [0.2, 0.25) is 0 Å². The fourth-order valence-electron chi connectivity index (χ4n) is 7.90. The smallest absolute Gasteiger partial charge is 0.0619 e. The molecule has 0 aliphatic carbocycles. The van der Waals surface area contributed by atoms with E-state index in [9.17, 15) is 0 Å². The van der Waals surface area contributed by atoms with E-state index in [4.69, 9.17) is 0 Å². The number of hydrogen-bond donors (Lipinski definition) is 0. The molecule has 0 N–H and O–H groups in total. The minimum absolute atomic E-state index is 1.15. The summed E-state index contributed by atoms with van der Waals surface area (Å²) in [6, 6.07) is 70.4. The van der Waals surface area contributed by atoms with Gasteiger partial charge in [0.1, 0.15) is 0 Å². The molecule has 2 nitrogen and oxygen atoms in total. The molecule has 0 bridgehead atoms. The quantitative estimate of drug-likeness (QED) is 0.178. The summed E-state index contributed by atoms with van der Waals surface area (Å²) in [6.07, 6.45) is 0. The maximum Gasteiger partial charge on any atom is 0.0619 e. The highest BCUT2D eigenvalue weighted by atomic mass is 15.0. The lowest BCUT2D eigenvalue weighted by molar-refractivity contribution is 1.18. The zero-order chi connectivity index (χ0) is 33.0. The summed E-state index contributed by atoms with van der Waals surface area (Å²) in [5.41, 5.74) is 14.4. The fourth-order valence-corrected chi connectivity index (χ4v) is 7.90. The molecule has 0 amide bonds. The molecule has 0 fully saturated rings. The number of hydrogen-bond acceptors (Lipinski definition) is 0. The molecule has 50 heavy (non-hydrogen) atoms. The van der Waals surface area contributed by atoms with Gasteiger partial charge in [0.25, 0.3) is 0 Å². The van der Waals surface area contributed by atoms with Crippen LogP contribution in [0.15, 0.2) is 194 Å². The van der Waals surface area contributed by atoms with E-state index in [2.05, 4.69) is 203 Å². The standard InChI is InChI=1S/C48H32N2/c1-5-15-33(16-6-1)35-27-29-44-42(31-35)41-25-13-24-40(48(41)50(44)38-21-11-4-12-22-38)39-23-14-26-46-47(39)43-32-36(34-17-7-2-8-18-34)28-30-45(43)49(46)37-19-9-3-10-20-37/h1-32H. The third-order valence-electron chi connectivity index (χ3n) is 10.1. The molecule has 8 aromatic carbocycles. The van der Waals surface area contributed by atoms with Gasteiger partial charge in [-0.15, -0.1) is 0 Å². The predicted molar refractivity (Wildman–Crippen MR) is 211 cm³/mol. The van der Waals surface area contributed by atoms with Gasteiger partial charge in [0.05, 0.1) is 22.1 Å². The largest absolute Gasteiger partial charge is 0.309 e. The van der Waals surface area contributed by atoms with Crippen LogP contribution in [-0.2, 0) is 0 Å². The monoisotopic (exact) mass is 636 g/mol. The van der Waals surface area contributed by atoms with Gasteiger partial charge >= 0.3 is 0 Å². The Hall–Kier alpha value is -6.64. The van der Waals surface area contributed by atoms with Gasteiger partial charge in [0.15, 0.2) is 0 Å². The Morgan fingerprint density at radius 1 is 0.280 bits per heavy atom. The van der Waals surface area contributed by atoms with Gasteiger partial charge in [-0.05, 0) is 82.4 Å². The molecule has 0 aliphatic heterocycles. The van der Waals surface area contributed by atoms with E-state index in [1.54, 1.807) is 0 Å². The molecule has 10 aromatic rings. The maximum absolute atomic E-state index is 2.46. The fraction of sp³-hybridized carbons (Fsp3) is 0. The first kappa shape index (κ1) is 28.4. The summed E-state index contributed by atoms with van der Waals surface area (Å²) >= 11 is 0. The van der Waals surface area contributed by atoms with Gasteiger partial charge in [-0.2, -0.15) is 0 Å². The van der Waals surface area contributed by atoms with Crippen molar-refractivity contribution in [3.8, 4) is 44.8 Å². The first-order chi connectivity index (χ1) is 24.8. The van der Waals surface area contributed by atoms with Crippen molar-refractivity contribution >= 4 is 43.6 Å². The van der Waals surface area contributed by atoms with Crippen molar-refractivity contribution in [2.24, 2.45) is 0 Å². The lowest BCUT2D eigenvalue weighted by atomic mass is 9.95. The molecule has 0 radical (unpaired) electrons. The number of para-hydroxylation sites is 3. The van der Waals surface area contributed by atoms with E-state index >= 15 is 0 Å². The summed E-state index contributed by atoms with van der Waals surface area (Å²) in [5, 5.41) is 4.99. The summed E-state index contributed by atoms with van der Waals surface area (Å²) < 4.78 is 4.88. The zero-order valence-electron chi connectivity index (χ0n) is 27.4. The molecule has 0 atom stereocenters. The van der Waals surface area contributed by atoms with Gasteiger partial charge in [0.2, 0.25) is 0 Å². The van der Waals surface area contributed by atoms with Gasteiger partial charge in [-0.1, -0.05) is 140 Å². The Morgan fingerprint density at radius 3 is 1.40 bits per heavy atom. The first-order valence-electron chi connectivity index (χ1n) is 17.2. The van der Waals surface area contributed by atoms with Crippen LogP contribution in [0.3, 0.4) is 0 Å². The minimum Gasteiger partial charge on any atom is -0.309 e. The number of benzene rings is 8. The molecule has 0 spiro atoms. The summed E-state index contributed by atoms with van der Waals surface area (Å²) in [5.74, 6) is 0. The molecule has 0 saturated heterocycles. The van der Waals surface area contributed by atoms with Crippen LogP contribution < -0.4 is 0 Å². The summed E-state index contributed by atoms with van der Waals surface area (Å²) in [4.78, 5) is 0. The molecule has 10 rings (SSSR count). The Kier molecular flexibility index (Phi) is 6.53. The van der Waals surface area contributed by atoms with Crippen molar-refractivity contribution in [1.29, 1.82) is 0 Å². The van der Waals surface area contributed by atoms with Crippen molar-refractivity contribution in [3.63, 3.8) is 0 Å². The molecule has 0 aliphatic rings. The Morgan fingerprint density at radius 2 is 0.780 bits per heavy atom. The predicted octanol–water partition coefficient (Wildman–Crippen LogP) is 12.9. The third-order valence-corrected chi connectivity index (χ3v) is 10.1. The topological polar surface area (TPSA) is 9.86 Å². The van der Waals surface area contributed by atoms with Crippen molar-refractivity contribution in [1.82, 2.24) is 9.13 Å². The lowest BCUT2D eigenvalue weighted by Crippen LogP contribution is -1.96. The molecule has 0 unspecified atom stereocenters. The van der Waals surface area contributed by atoms with Crippen LogP contribution in [-0.4, -0.2) is 9.13 Å². The van der Waals surface area contributed by atoms with Gasteiger partial charge < -0.3 is 9.13 Å². The van der Waals surface area contributed by atoms with E-state index in [1.807, 2.05) is 0 Å². The number of rotatable bonds is 5. The SMILES string of the molecule is c1ccc(-c2ccc3c(c2)c2c(-c4cccc5c6cc(-c7ccccc7)ccc6n(-c6ccccc6)c45)cccc2n3-c2ccccc2)cc1. The second-order valence-electron chi connectivity index (χ2n) is 12.9. The number of aromatic nitrogens is 2. The second kappa shape index (κ2) is 11.5. The molecule has 234 valence electrons. The molecule has 2 heterocycles. The average Bonchev–Trinajstić information content (AvgIpc) is 3.72.